The molecule has 1 aromatic carbocycles. The molecule has 0 aromatic heterocycles. The number of hydrogen-bond donors (Lipinski definition) is 3. The molecule has 0 bridgehead atoms. The summed E-state index contributed by atoms with van der Waals surface area (Å²) in [4.78, 5) is 9.63. The molecular weight excluding hydrogens is 243 g/mol. The Hall–Kier alpha value is -3.02. The quantitative estimate of drug-likeness (QED) is 0.316. The monoisotopic (exact) mass is 250 g/mol. The summed E-state index contributed by atoms with van der Waals surface area (Å²) in [6, 6.07) is 4.39. The van der Waals surface area contributed by atoms with Gasteiger partial charge >= 0.3 is 0 Å². The van der Waals surface area contributed by atoms with Gasteiger partial charge in [-0.1, -0.05) is 0 Å². The zero-order valence-electron chi connectivity index (χ0n) is 8.85. The first-order chi connectivity index (χ1) is 8.45. The first kappa shape index (κ1) is 13.0. The van der Waals surface area contributed by atoms with E-state index in [4.69, 9.17) is 16.4 Å². The van der Waals surface area contributed by atoms with E-state index in [-0.39, 0.29) is 5.69 Å². The second-order valence-electron chi connectivity index (χ2n) is 3.02. The third-order valence-corrected chi connectivity index (χ3v) is 1.81. The Kier molecular flexibility index (Phi) is 3.88. The van der Waals surface area contributed by atoms with Crippen LogP contribution in [0.2, 0.25) is 0 Å². The van der Waals surface area contributed by atoms with E-state index in [1.807, 2.05) is 0 Å². The third kappa shape index (κ3) is 2.99. The largest absolute Gasteiger partial charge is 0.382 e. The SMILES string of the molecule is N#C/C(=N\Nc1ccc([N+](=O)[O-])cc1F)C(=N)N. The number of anilines is 1. The lowest BCUT2D eigenvalue weighted by Gasteiger charge is -2.02. The Labute approximate surface area is 100 Å². The summed E-state index contributed by atoms with van der Waals surface area (Å²) in [7, 11) is 0. The summed E-state index contributed by atoms with van der Waals surface area (Å²) in [5.41, 5.74) is 6.18. The fraction of sp³-hybridized carbons (Fsp3) is 0. The molecule has 92 valence electrons. The van der Waals surface area contributed by atoms with Gasteiger partial charge in [0, 0.05) is 6.07 Å². The summed E-state index contributed by atoms with van der Waals surface area (Å²) >= 11 is 0. The summed E-state index contributed by atoms with van der Waals surface area (Å²) in [6.07, 6.45) is 0. The van der Waals surface area contributed by atoms with Crippen LogP contribution in [0.3, 0.4) is 0 Å². The number of nitro benzene ring substituents is 1. The van der Waals surface area contributed by atoms with E-state index >= 15 is 0 Å². The Balaban J connectivity index is 2.97. The average molecular weight is 250 g/mol. The highest BCUT2D eigenvalue weighted by Crippen LogP contribution is 2.20. The Morgan fingerprint density at radius 3 is 2.78 bits per heavy atom. The van der Waals surface area contributed by atoms with Crippen molar-refractivity contribution in [2.24, 2.45) is 10.8 Å². The van der Waals surface area contributed by atoms with Crippen LogP contribution in [-0.4, -0.2) is 16.5 Å². The smallest absolute Gasteiger partial charge is 0.272 e. The minimum Gasteiger partial charge on any atom is -0.382 e. The van der Waals surface area contributed by atoms with Crippen LogP contribution >= 0.6 is 0 Å². The van der Waals surface area contributed by atoms with Crippen molar-refractivity contribution in [2.45, 2.75) is 0 Å². The van der Waals surface area contributed by atoms with Gasteiger partial charge in [-0.05, 0) is 6.07 Å². The maximum atomic E-state index is 13.4. The lowest BCUT2D eigenvalue weighted by atomic mass is 10.3. The number of nitro groups is 1. The molecule has 0 fully saturated rings. The predicted molar refractivity (Wildman–Crippen MR) is 61.6 cm³/mol. The van der Waals surface area contributed by atoms with Gasteiger partial charge in [0.15, 0.2) is 11.7 Å². The zero-order chi connectivity index (χ0) is 13.7. The standard InChI is InChI=1S/C9H7FN6O2/c10-6-3-5(16(17)18)1-2-7(6)14-15-8(4-11)9(12)13/h1-3,14H,(H3,12,13)/b15-8+. The fourth-order valence-corrected chi connectivity index (χ4v) is 0.970. The van der Waals surface area contributed by atoms with Gasteiger partial charge in [0.25, 0.3) is 5.69 Å². The average Bonchev–Trinajstić information content (AvgIpc) is 2.30. The van der Waals surface area contributed by atoms with Crippen molar-refractivity contribution < 1.29 is 9.31 Å². The molecule has 0 heterocycles. The van der Waals surface area contributed by atoms with E-state index in [0.717, 1.165) is 12.1 Å². The number of hydrogen-bond acceptors (Lipinski definition) is 6. The van der Waals surface area contributed by atoms with Crippen LogP contribution in [0.4, 0.5) is 15.8 Å². The van der Waals surface area contributed by atoms with Gasteiger partial charge in [-0.15, -0.1) is 0 Å². The second-order valence-corrected chi connectivity index (χ2v) is 3.02. The topological polar surface area (TPSA) is 141 Å². The Bertz CT molecular complexity index is 577. The third-order valence-electron chi connectivity index (χ3n) is 1.81. The number of nitrogens with two attached hydrogens (primary N) is 1. The molecule has 0 unspecified atom stereocenters. The maximum Gasteiger partial charge on any atom is 0.272 e. The lowest BCUT2D eigenvalue weighted by Crippen LogP contribution is -2.22. The van der Waals surface area contributed by atoms with E-state index in [0.29, 0.717) is 6.07 Å². The summed E-state index contributed by atoms with van der Waals surface area (Å²) < 4.78 is 13.4. The number of non-ortho nitro benzene ring substituents is 1. The molecule has 0 aliphatic rings. The van der Waals surface area contributed by atoms with Crippen molar-refractivity contribution in [1.29, 1.82) is 10.7 Å². The molecule has 0 amide bonds. The first-order valence-electron chi connectivity index (χ1n) is 4.48. The molecule has 8 nitrogen and oxygen atoms in total. The van der Waals surface area contributed by atoms with Crippen molar-refractivity contribution >= 4 is 22.9 Å². The molecule has 0 radical (unpaired) electrons. The van der Waals surface area contributed by atoms with E-state index in [9.17, 15) is 14.5 Å². The number of nitrogens with zero attached hydrogens (tertiary/aromatic N) is 3. The molecule has 1 aromatic rings. The van der Waals surface area contributed by atoms with Crippen LogP contribution in [0, 0.1) is 32.7 Å². The molecule has 0 spiro atoms. The molecule has 18 heavy (non-hydrogen) atoms. The summed E-state index contributed by atoms with van der Waals surface area (Å²) in [5.74, 6) is -1.49. The van der Waals surface area contributed by atoms with E-state index in [2.05, 4.69) is 10.5 Å². The first-order valence-corrected chi connectivity index (χ1v) is 4.48. The zero-order valence-corrected chi connectivity index (χ0v) is 8.85. The number of hydrazone groups is 1. The van der Waals surface area contributed by atoms with Crippen molar-refractivity contribution in [3.63, 3.8) is 0 Å². The van der Waals surface area contributed by atoms with E-state index in [1.54, 1.807) is 0 Å². The molecule has 0 saturated carbocycles. The van der Waals surface area contributed by atoms with Gasteiger partial charge in [0.2, 0.25) is 5.71 Å². The molecule has 0 aliphatic carbocycles. The number of rotatable bonds is 4. The molecule has 0 saturated heterocycles. The van der Waals surface area contributed by atoms with Crippen molar-refractivity contribution in [1.82, 2.24) is 0 Å². The van der Waals surface area contributed by atoms with Crippen LogP contribution in [0.5, 0.6) is 0 Å². The minimum absolute atomic E-state index is 0.172. The van der Waals surface area contributed by atoms with Gasteiger partial charge in [-0.25, -0.2) is 4.39 Å². The predicted octanol–water partition coefficient (Wildman–Crippen LogP) is 0.961. The molecule has 4 N–H and O–H groups in total. The second kappa shape index (κ2) is 5.35. The van der Waals surface area contributed by atoms with Crippen LogP contribution < -0.4 is 11.2 Å². The van der Waals surface area contributed by atoms with Crippen molar-refractivity contribution in [3.8, 4) is 6.07 Å². The number of amidine groups is 1. The molecule has 0 aliphatic heterocycles. The number of nitriles is 1. The van der Waals surface area contributed by atoms with Crippen LogP contribution in [-0.2, 0) is 0 Å². The van der Waals surface area contributed by atoms with E-state index < -0.39 is 28.0 Å². The van der Waals surface area contributed by atoms with Gasteiger partial charge in [-0.2, -0.15) is 10.4 Å². The fourth-order valence-electron chi connectivity index (χ4n) is 0.970. The van der Waals surface area contributed by atoms with Crippen molar-refractivity contribution in [2.75, 3.05) is 5.43 Å². The van der Waals surface area contributed by atoms with Gasteiger partial charge in [0.05, 0.1) is 16.7 Å². The van der Waals surface area contributed by atoms with E-state index in [1.165, 1.54) is 6.07 Å². The van der Waals surface area contributed by atoms with Crippen molar-refractivity contribution in [3.05, 3.63) is 34.1 Å². The Morgan fingerprint density at radius 1 is 1.67 bits per heavy atom. The Morgan fingerprint density at radius 2 is 2.33 bits per heavy atom. The summed E-state index contributed by atoms with van der Waals surface area (Å²) in [6.45, 7) is 0. The number of benzene rings is 1. The van der Waals surface area contributed by atoms with Gasteiger partial charge in [-0.3, -0.25) is 20.9 Å². The normalized spacial score (nSPS) is 10.6. The lowest BCUT2D eigenvalue weighted by molar-refractivity contribution is -0.385. The number of nitrogens with one attached hydrogen (secondary N) is 2. The molecule has 1 rings (SSSR count). The minimum atomic E-state index is -0.909. The van der Waals surface area contributed by atoms with Crippen LogP contribution in [0.25, 0.3) is 0 Å². The van der Waals surface area contributed by atoms with Crippen LogP contribution in [0.15, 0.2) is 23.3 Å². The maximum absolute atomic E-state index is 13.4. The highest BCUT2D eigenvalue weighted by molar-refractivity contribution is 6.45. The van der Waals surface area contributed by atoms with Gasteiger partial charge < -0.3 is 5.73 Å². The van der Waals surface area contributed by atoms with Crippen LogP contribution in [0.1, 0.15) is 0 Å². The van der Waals surface area contributed by atoms with Gasteiger partial charge in [0.1, 0.15) is 6.07 Å². The number of halogens is 1. The molecular formula is C9H7FN6O2. The highest BCUT2D eigenvalue weighted by Gasteiger charge is 2.10. The summed E-state index contributed by atoms with van der Waals surface area (Å²) in [5, 5.41) is 29.3. The molecule has 9 heteroatoms. The highest BCUT2D eigenvalue weighted by atomic mass is 19.1. The molecule has 0 atom stereocenters.